The maximum Gasteiger partial charge on any atom is 0.338 e. The summed E-state index contributed by atoms with van der Waals surface area (Å²) in [6, 6.07) is 5.98. The van der Waals surface area contributed by atoms with E-state index in [0.29, 0.717) is 16.5 Å². The number of rotatable bonds is 4. The average molecular weight is 321 g/mol. The Hall–Kier alpha value is -2.60. The normalized spacial score (nSPS) is 10.1. The molecule has 0 spiro atoms. The fourth-order valence-electron chi connectivity index (χ4n) is 1.87. The number of hydrogen-bond donors (Lipinski definition) is 2. The Bertz CT molecular complexity index is 746. The van der Waals surface area contributed by atoms with E-state index >= 15 is 0 Å². The molecule has 0 aliphatic rings. The maximum absolute atomic E-state index is 12.3. The molecule has 0 aliphatic heterocycles. The summed E-state index contributed by atoms with van der Waals surface area (Å²) < 4.78 is 5.16. The van der Waals surface area contributed by atoms with Crippen molar-refractivity contribution in [1.29, 1.82) is 0 Å². The van der Waals surface area contributed by atoms with E-state index in [0.717, 1.165) is 5.56 Å². The molecule has 1 aromatic heterocycles. The van der Waals surface area contributed by atoms with Gasteiger partial charge in [0.25, 0.3) is 5.91 Å². The number of carboxylic acids is 1. The smallest absolute Gasteiger partial charge is 0.338 e. The number of carboxylic acid groups (broad SMARTS) is 1. The first kappa shape index (κ1) is 15.8. The molecule has 6 nitrogen and oxygen atoms in total. The van der Waals surface area contributed by atoms with Crippen LogP contribution in [0.1, 0.15) is 26.4 Å². The van der Waals surface area contributed by atoms with Crippen LogP contribution in [-0.2, 0) is 0 Å². The van der Waals surface area contributed by atoms with Crippen LogP contribution in [0.15, 0.2) is 30.5 Å². The van der Waals surface area contributed by atoms with E-state index in [1.807, 2.05) is 0 Å². The van der Waals surface area contributed by atoms with Gasteiger partial charge >= 0.3 is 5.97 Å². The predicted octanol–water partition coefficient (Wildman–Crippen LogP) is 3.00. The van der Waals surface area contributed by atoms with Gasteiger partial charge in [-0.1, -0.05) is 11.6 Å². The maximum atomic E-state index is 12.3. The minimum absolute atomic E-state index is 0.176. The monoisotopic (exact) mass is 320 g/mol. The molecule has 1 amide bonds. The highest BCUT2D eigenvalue weighted by atomic mass is 35.5. The van der Waals surface area contributed by atoms with Crippen LogP contribution in [0.2, 0.25) is 5.02 Å². The number of nitrogens with one attached hydrogen (secondary N) is 1. The van der Waals surface area contributed by atoms with Gasteiger partial charge in [-0.25, -0.2) is 4.79 Å². The molecule has 22 heavy (non-hydrogen) atoms. The third kappa shape index (κ3) is 3.17. The lowest BCUT2D eigenvalue weighted by Crippen LogP contribution is -2.18. The summed E-state index contributed by atoms with van der Waals surface area (Å²) in [5.41, 5.74) is 0.781. The molecule has 0 saturated heterocycles. The zero-order valence-electron chi connectivity index (χ0n) is 11.9. The van der Waals surface area contributed by atoms with Gasteiger partial charge in [-0.2, -0.15) is 0 Å². The molecule has 7 heteroatoms. The van der Waals surface area contributed by atoms with Gasteiger partial charge in [-0.15, -0.1) is 0 Å². The third-order valence-electron chi connectivity index (χ3n) is 2.98. The molecule has 2 aromatic rings. The molecular weight excluding hydrogens is 308 g/mol. The molecule has 0 atom stereocenters. The summed E-state index contributed by atoms with van der Waals surface area (Å²) in [4.78, 5) is 27.2. The van der Waals surface area contributed by atoms with E-state index < -0.39 is 11.9 Å². The van der Waals surface area contributed by atoms with Crippen LogP contribution in [-0.4, -0.2) is 29.1 Å². The third-order valence-corrected chi connectivity index (χ3v) is 3.39. The Morgan fingerprint density at radius 3 is 2.73 bits per heavy atom. The van der Waals surface area contributed by atoms with Gasteiger partial charge in [-0.3, -0.25) is 9.78 Å². The topological polar surface area (TPSA) is 88.5 Å². The lowest BCUT2D eigenvalue weighted by atomic mass is 10.1. The Morgan fingerprint density at radius 1 is 1.36 bits per heavy atom. The second kappa shape index (κ2) is 6.44. The van der Waals surface area contributed by atoms with Crippen molar-refractivity contribution in [2.75, 3.05) is 12.4 Å². The molecule has 0 radical (unpaired) electrons. The number of hydrogen-bond acceptors (Lipinski definition) is 4. The first-order chi connectivity index (χ1) is 10.4. The number of anilines is 1. The number of carbonyl (C=O) groups is 2. The number of benzene rings is 1. The molecule has 0 bridgehead atoms. The molecule has 1 heterocycles. The van der Waals surface area contributed by atoms with E-state index in [4.69, 9.17) is 21.4 Å². The minimum atomic E-state index is -1.22. The second-order valence-electron chi connectivity index (χ2n) is 4.46. The van der Waals surface area contributed by atoms with Crippen molar-refractivity contribution in [3.05, 3.63) is 52.3 Å². The zero-order valence-corrected chi connectivity index (χ0v) is 12.6. The standard InChI is InChI=1S/C15H13ClN2O4/c1-8-6-11(12(22-2)7-10(8)16)18-14(19)13-9(15(20)21)4-3-5-17-13/h3-7H,1-2H3,(H,18,19)(H,20,21). The molecule has 114 valence electrons. The van der Waals surface area contributed by atoms with Crippen molar-refractivity contribution < 1.29 is 19.4 Å². The van der Waals surface area contributed by atoms with Crippen molar-refractivity contribution in [3.8, 4) is 5.75 Å². The fraction of sp³-hybridized carbons (Fsp3) is 0.133. The first-order valence-corrected chi connectivity index (χ1v) is 6.65. The van der Waals surface area contributed by atoms with Crippen LogP contribution in [0.5, 0.6) is 5.75 Å². The highest BCUT2D eigenvalue weighted by Crippen LogP contribution is 2.31. The molecule has 0 unspecified atom stereocenters. The van der Waals surface area contributed by atoms with Crippen molar-refractivity contribution >= 4 is 29.2 Å². The van der Waals surface area contributed by atoms with Crippen LogP contribution in [0, 0.1) is 6.92 Å². The van der Waals surface area contributed by atoms with E-state index in [2.05, 4.69) is 10.3 Å². The number of aryl methyl sites for hydroxylation is 1. The molecule has 1 aromatic carbocycles. The molecule has 0 fully saturated rings. The van der Waals surface area contributed by atoms with Crippen LogP contribution in [0.25, 0.3) is 0 Å². The molecular formula is C15H13ClN2O4. The molecule has 0 saturated carbocycles. The zero-order chi connectivity index (χ0) is 16.3. The van der Waals surface area contributed by atoms with Crippen molar-refractivity contribution in [3.63, 3.8) is 0 Å². The highest BCUT2D eigenvalue weighted by Gasteiger charge is 2.19. The van der Waals surface area contributed by atoms with E-state index in [1.165, 1.54) is 25.4 Å². The van der Waals surface area contributed by atoms with Gasteiger partial charge < -0.3 is 15.2 Å². The van der Waals surface area contributed by atoms with Gasteiger partial charge in [0.2, 0.25) is 0 Å². The highest BCUT2D eigenvalue weighted by molar-refractivity contribution is 6.31. The van der Waals surface area contributed by atoms with Gasteiger partial charge in [0.15, 0.2) is 0 Å². The molecule has 2 N–H and O–H groups in total. The quantitative estimate of drug-likeness (QED) is 0.904. The summed E-state index contributed by atoms with van der Waals surface area (Å²) in [6.45, 7) is 1.78. The lowest BCUT2D eigenvalue weighted by Gasteiger charge is -2.12. The van der Waals surface area contributed by atoms with E-state index in [9.17, 15) is 9.59 Å². The predicted molar refractivity (Wildman–Crippen MR) is 81.9 cm³/mol. The van der Waals surface area contributed by atoms with Gasteiger partial charge in [0.1, 0.15) is 11.4 Å². The number of carbonyl (C=O) groups excluding carboxylic acids is 1. The molecule has 2 rings (SSSR count). The number of halogens is 1. The number of amides is 1. The summed E-state index contributed by atoms with van der Waals surface area (Å²) in [7, 11) is 1.44. The van der Waals surface area contributed by atoms with Crippen molar-refractivity contribution in [2.24, 2.45) is 0 Å². The number of nitrogens with zero attached hydrogens (tertiary/aromatic N) is 1. The first-order valence-electron chi connectivity index (χ1n) is 6.28. The van der Waals surface area contributed by atoms with Crippen LogP contribution in [0.4, 0.5) is 5.69 Å². The minimum Gasteiger partial charge on any atom is -0.495 e. The van der Waals surface area contributed by atoms with E-state index in [1.54, 1.807) is 19.1 Å². The van der Waals surface area contributed by atoms with Gasteiger partial charge in [-0.05, 0) is 30.7 Å². The number of aromatic nitrogens is 1. The Morgan fingerprint density at radius 2 is 2.09 bits per heavy atom. The Kier molecular flexibility index (Phi) is 4.62. The number of pyridine rings is 1. The number of methoxy groups -OCH3 is 1. The fourth-order valence-corrected chi connectivity index (χ4v) is 2.02. The summed E-state index contributed by atoms with van der Waals surface area (Å²) in [5, 5.41) is 12.2. The van der Waals surface area contributed by atoms with Crippen LogP contribution >= 0.6 is 11.6 Å². The molecule has 0 aliphatic carbocycles. The van der Waals surface area contributed by atoms with Crippen molar-refractivity contribution in [2.45, 2.75) is 6.92 Å². The number of ether oxygens (including phenoxy) is 1. The number of aromatic carboxylic acids is 1. The summed E-state index contributed by atoms with van der Waals surface area (Å²) in [6.07, 6.45) is 1.35. The van der Waals surface area contributed by atoms with Crippen molar-refractivity contribution in [1.82, 2.24) is 4.98 Å². The average Bonchev–Trinajstić information content (AvgIpc) is 2.50. The van der Waals surface area contributed by atoms with Crippen LogP contribution < -0.4 is 10.1 Å². The lowest BCUT2D eigenvalue weighted by molar-refractivity contribution is 0.0691. The Labute approximate surface area is 131 Å². The van der Waals surface area contributed by atoms with E-state index in [-0.39, 0.29) is 11.3 Å². The van der Waals surface area contributed by atoms with Gasteiger partial charge in [0, 0.05) is 17.3 Å². The SMILES string of the molecule is COc1cc(Cl)c(C)cc1NC(=O)c1ncccc1C(=O)O. The Balaban J connectivity index is 2.38. The largest absolute Gasteiger partial charge is 0.495 e. The van der Waals surface area contributed by atoms with Gasteiger partial charge in [0.05, 0.1) is 18.4 Å². The summed E-state index contributed by atoms with van der Waals surface area (Å²) >= 11 is 6.00. The van der Waals surface area contributed by atoms with Crippen LogP contribution in [0.3, 0.4) is 0 Å². The summed E-state index contributed by atoms with van der Waals surface area (Å²) in [5.74, 6) is -1.49. The second-order valence-corrected chi connectivity index (χ2v) is 4.87.